The number of benzene rings is 2. The van der Waals surface area contributed by atoms with Crippen LogP contribution in [0.25, 0.3) is 0 Å². The van der Waals surface area contributed by atoms with Crippen molar-refractivity contribution in [1.82, 2.24) is 9.55 Å². The van der Waals surface area contributed by atoms with Crippen molar-refractivity contribution in [3.8, 4) is 5.88 Å². The maximum atomic E-state index is 11.9. The van der Waals surface area contributed by atoms with Gasteiger partial charge in [-0.3, -0.25) is 4.57 Å². The lowest BCUT2D eigenvalue weighted by atomic mass is 9.66. The monoisotopic (exact) mass is 428 g/mol. The summed E-state index contributed by atoms with van der Waals surface area (Å²) in [5.74, 6) is -0.0398. The minimum atomic E-state index is -0.297. The molecule has 0 radical (unpaired) electrons. The van der Waals surface area contributed by atoms with E-state index in [9.17, 15) is 9.90 Å². The quantitative estimate of drug-likeness (QED) is 0.544. The van der Waals surface area contributed by atoms with Gasteiger partial charge in [0.25, 0.3) is 0 Å². The molecule has 1 saturated carbocycles. The average molecular weight is 429 g/mol. The molecule has 0 atom stereocenters. The predicted molar refractivity (Wildman–Crippen MR) is 129 cm³/mol. The molecule has 4 nitrogen and oxygen atoms in total. The fraction of sp³-hybridized carbons (Fsp3) is 0.393. The van der Waals surface area contributed by atoms with Crippen molar-refractivity contribution in [3.63, 3.8) is 0 Å². The van der Waals surface area contributed by atoms with E-state index in [0.717, 1.165) is 18.4 Å². The van der Waals surface area contributed by atoms with Crippen LogP contribution >= 0.6 is 0 Å². The molecule has 1 aromatic heterocycles. The van der Waals surface area contributed by atoms with E-state index < -0.39 is 0 Å². The molecule has 1 fully saturated rings. The van der Waals surface area contributed by atoms with Gasteiger partial charge in [0.15, 0.2) is 0 Å². The van der Waals surface area contributed by atoms with Crippen molar-refractivity contribution >= 4 is 0 Å². The number of nitrogens with one attached hydrogen (secondary N) is 1. The van der Waals surface area contributed by atoms with Gasteiger partial charge in [-0.1, -0.05) is 76.2 Å². The van der Waals surface area contributed by atoms with E-state index in [1.807, 2.05) is 0 Å². The van der Waals surface area contributed by atoms with E-state index in [-0.39, 0.29) is 27.8 Å². The lowest BCUT2D eigenvalue weighted by Crippen LogP contribution is -2.30. The Hall–Kier alpha value is -3.01. The Morgan fingerprint density at radius 2 is 1.53 bits per heavy atom. The van der Waals surface area contributed by atoms with Gasteiger partial charge < -0.3 is 10.1 Å². The van der Waals surface area contributed by atoms with Crippen LogP contribution in [0.5, 0.6) is 5.88 Å². The van der Waals surface area contributed by atoms with Gasteiger partial charge in [0, 0.05) is 16.2 Å². The van der Waals surface area contributed by atoms with Crippen LogP contribution in [0.1, 0.15) is 73.9 Å². The zero-order valence-electron chi connectivity index (χ0n) is 19.6. The Kier molecular flexibility index (Phi) is 4.40. The number of rotatable bonds is 4. The minimum Gasteiger partial charge on any atom is -0.493 e. The van der Waals surface area contributed by atoms with Gasteiger partial charge in [0.05, 0.1) is 12.7 Å². The van der Waals surface area contributed by atoms with Crippen LogP contribution in [-0.4, -0.2) is 14.7 Å². The summed E-state index contributed by atoms with van der Waals surface area (Å²) >= 11 is 0. The summed E-state index contributed by atoms with van der Waals surface area (Å²) in [5.41, 5.74) is 7.88. The highest BCUT2D eigenvalue weighted by atomic mass is 16.3. The number of aryl methyl sites for hydroxylation is 1. The van der Waals surface area contributed by atoms with Crippen LogP contribution in [0.3, 0.4) is 0 Å². The largest absolute Gasteiger partial charge is 0.493 e. The Morgan fingerprint density at radius 3 is 2.06 bits per heavy atom. The average Bonchev–Trinajstić information content (AvgIpc) is 3.49. The summed E-state index contributed by atoms with van der Waals surface area (Å²) in [5, 5.41) is 9.87. The SMILES string of the molecule is Cc1cc2c(cc1C1(c3ccc(Cn4c(O)c[nH]c4=O)cc3)CC1)C(C)(C)C=CC2(C)C. The number of aromatic amines is 1. The third-order valence-electron chi connectivity index (χ3n) is 7.63. The molecule has 0 unspecified atom stereocenters. The summed E-state index contributed by atoms with van der Waals surface area (Å²) in [4.78, 5) is 14.4. The van der Waals surface area contributed by atoms with E-state index in [0.29, 0.717) is 6.54 Å². The Morgan fingerprint density at radius 1 is 0.938 bits per heavy atom. The van der Waals surface area contributed by atoms with E-state index in [4.69, 9.17) is 0 Å². The first-order chi connectivity index (χ1) is 15.0. The molecule has 2 aromatic carbocycles. The number of H-pyrrole nitrogens is 1. The highest BCUT2D eigenvalue weighted by Crippen LogP contribution is 2.56. The van der Waals surface area contributed by atoms with E-state index in [2.05, 4.69) is 88.2 Å². The van der Waals surface area contributed by atoms with Crippen LogP contribution in [0.15, 0.2) is 59.5 Å². The van der Waals surface area contributed by atoms with Crippen molar-refractivity contribution in [3.05, 3.63) is 98.6 Å². The van der Waals surface area contributed by atoms with Gasteiger partial charge >= 0.3 is 5.69 Å². The van der Waals surface area contributed by atoms with Crippen molar-refractivity contribution in [2.45, 2.75) is 70.3 Å². The van der Waals surface area contributed by atoms with Crippen molar-refractivity contribution in [2.24, 2.45) is 0 Å². The molecular formula is C28H32N2O2. The molecule has 2 aliphatic carbocycles. The lowest BCUT2D eigenvalue weighted by molar-refractivity contribution is 0.421. The molecule has 5 rings (SSSR count). The molecule has 0 saturated heterocycles. The summed E-state index contributed by atoms with van der Waals surface area (Å²) in [6, 6.07) is 13.5. The van der Waals surface area contributed by atoms with Crippen molar-refractivity contribution in [2.75, 3.05) is 0 Å². The van der Waals surface area contributed by atoms with Gasteiger partial charge in [-0.05, 0) is 53.1 Å². The maximum absolute atomic E-state index is 11.9. The highest BCUT2D eigenvalue weighted by molar-refractivity contribution is 5.57. The summed E-state index contributed by atoms with van der Waals surface area (Å²) in [6.07, 6.45) is 8.36. The van der Waals surface area contributed by atoms with Crippen molar-refractivity contribution in [1.29, 1.82) is 0 Å². The molecule has 3 aromatic rings. The van der Waals surface area contributed by atoms with Gasteiger partial charge in [0.1, 0.15) is 0 Å². The number of hydrogen-bond donors (Lipinski definition) is 2. The van der Waals surface area contributed by atoms with Crippen LogP contribution in [0.4, 0.5) is 0 Å². The second-order valence-corrected chi connectivity index (χ2v) is 10.8. The topological polar surface area (TPSA) is 58.0 Å². The normalized spacial score (nSPS) is 19.5. The van der Waals surface area contributed by atoms with Crippen LogP contribution in [-0.2, 0) is 22.8 Å². The second-order valence-electron chi connectivity index (χ2n) is 10.8. The molecule has 2 aliphatic rings. The molecule has 2 N–H and O–H groups in total. The molecule has 0 spiro atoms. The van der Waals surface area contributed by atoms with Gasteiger partial charge in [-0.25, -0.2) is 4.79 Å². The number of allylic oxidation sites excluding steroid dienone is 2. The number of nitrogens with zero attached hydrogens (tertiary/aromatic N) is 1. The molecular weight excluding hydrogens is 396 g/mol. The van der Waals surface area contributed by atoms with Gasteiger partial charge in [-0.15, -0.1) is 0 Å². The first-order valence-electron chi connectivity index (χ1n) is 11.5. The standard InChI is InChI=1S/C28H32N2O2/c1-18-14-22-23(27(4,5)11-10-26(22,2)3)15-21(18)28(12-13-28)20-8-6-19(7-9-20)17-30-24(31)16-29-25(30)32/h6-11,14-16,31H,12-13,17H2,1-5H3,(H,29,32). The fourth-order valence-corrected chi connectivity index (χ4v) is 5.38. The van der Waals surface area contributed by atoms with Crippen LogP contribution in [0.2, 0.25) is 0 Å². The third kappa shape index (κ3) is 3.16. The third-order valence-corrected chi connectivity index (χ3v) is 7.63. The van der Waals surface area contributed by atoms with E-state index in [1.165, 1.54) is 38.6 Å². The molecule has 4 heteroatoms. The number of aromatic hydroxyl groups is 1. The van der Waals surface area contributed by atoms with Gasteiger partial charge in [-0.2, -0.15) is 0 Å². The smallest absolute Gasteiger partial charge is 0.328 e. The number of imidazole rings is 1. The highest BCUT2D eigenvalue weighted by Gasteiger charge is 2.47. The minimum absolute atomic E-state index is 0.0268. The van der Waals surface area contributed by atoms with Crippen molar-refractivity contribution < 1.29 is 5.11 Å². The molecule has 166 valence electrons. The Balaban J connectivity index is 1.52. The molecule has 0 bridgehead atoms. The first kappa shape index (κ1) is 20.9. The summed E-state index contributed by atoms with van der Waals surface area (Å²) in [7, 11) is 0. The fourth-order valence-electron chi connectivity index (χ4n) is 5.38. The summed E-state index contributed by atoms with van der Waals surface area (Å²) < 4.78 is 1.34. The molecule has 32 heavy (non-hydrogen) atoms. The second kappa shape index (κ2) is 6.74. The Bertz CT molecular complexity index is 1280. The van der Waals surface area contributed by atoms with E-state index in [1.54, 1.807) is 0 Å². The first-order valence-corrected chi connectivity index (χ1v) is 11.5. The summed E-state index contributed by atoms with van der Waals surface area (Å²) in [6.45, 7) is 11.8. The number of aromatic nitrogens is 2. The Labute approximate surface area is 189 Å². The van der Waals surface area contributed by atoms with Gasteiger partial charge in [0.2, 0.25) is 5.88 Å². The lowest BCUT2D eigenvalue weighted by Gasteiger charge is -2.38. The zero-order chi connectivity index (χ0) is 22.9. The predicted octanol–water partition coefficient (Wildman–Crippen LogP) is 5.44. The zero-order valence-corrected chi connectivity index (χ0v) is 19.6. The molecule has 1 heterocycles. The molecule has 0 aliphatic heterocycles. The number of fused-ring (bicyclic) bond motifs is 1. The maximum Gasteiger partial charge on any atom is 0.328 e. The van der Waals surface area contributed by atoms with E-state index >= 15 is 0 Å². The van der Waals surface area contributed by atoms with Crippen LogP contribution in [0, 0.1) is 6.92 Å². The van der Waals surface area contributed by atoms with Crippen LogP contribution < -0.4 is 5.69 Å². The number of hydrogen-bond acceptors (Lipinski definition) is 2. The molecule has 0 amide bonds.